The van der Waals surface area contributed by atoms with Crippen LogP contribution in [0.5, 0.6) is 0 Å². The molecule has 0 aliphatic heterocycles. The third kappa shape index (κ3) is 3.68. The Morgan fingerprint density at radius 3 is 2.64 bits per heavy atom. The fourth-order valence-corrected chi connectivity index (χ4v) is 2.59. The van der Waals surface area contributed by atoms with E-state index < -0.39 is 5.91 Å². The van der Waals surface area contributed by atoms with Gasteiger partial charge in [0, 0.05) is 34.9 Å². The van der Waals surface area contributed by atoms with E-state index in [0.717, 1.165) is 19.3 Å². The quantitative estimate of drug-likeness (QED) is 0.403. The number of nitrogens with zero attached hydrogens (tertiary/aromatic N) is 2. The minimum atomic E-state index is -0.566. The lowest BCUT2D eigenvalue weighted by molar-refractivity contribution is 0.100. The SMILES string of the molecule is CC(=N)c1ccc(Nc2ncc(C(N)=O)c(NC3CCC3)n2)cc1N. The van der Waals surface area contributed by atoms with Crippen LogP contribution in [0, 0.1) is 5.41 Å². The molecule has 25 heavy (non-hydrogen) atoms. The van der Waals surface area contributed by atoms with Crippen molar-refractivity contribution in [3.63, 3.8) is 0 Å². The van der Waals surface area contributed by atoms with Crippen LogP contribution in [0.15, 0.2) is 24.4 Å². The molecule has 0 radical (unpaired) electrons. The number of carbonyl (C=O) groups is 1. The monoisotopic (exact) mass is 339 g/mol. The first-order chi connectivity index (χ1) is 11.9. The van der Waals surface area contributed by atoms with E-state index in [0.29, 0.717) is 40.5 Å². The van der Waals surface area contributed by atoms with Gasteiger partial charge in [0.1, 0.15) is 5.82 Å². The van der Waals surface area contributed by atoms with Gasteiger partial charge < -0.3 is 27.5 Å². The highest BCUT2D eigenvalue weighted by atomic mass is 16.1. The maximum absolute atomic E-state index is 11.6. The normalized spacial score (nSPS) is 13.8. The molecule has 8 nitrogen and oxygen atoms in total. The summed E-state index contributed by atoms with van der Waals surface area (Å²) in [6, 6.07) is 5.60. The molecular weight excluding hydrogens is 318 g/mol. The smallest absolute Gasteiger partial charge is 0.254 e. The van der Waals surface area contributed by atoms with E-state index in [9.17, 15) is 4.79 Å². The molecule has 1 amide bonds. The summed E-state index contributed by atoms with van der Waals surface area (Å²) in [5.74, 6) is 0.212. The van der Waals surface area contributed by atoms with Gasteiger partial charge in [-0.1, -0.05) is 0 Å². The van der Waals surface area contributed by atoms with Crippen molar-refractivity contribution in [3.05, 3.63) is 35.5 Å². The van der Waals surface area contributed by atoms with Crippen LogP contribution in [-0.4, -0.2) is 27.6 Å². The summed E-state index contributed by atoms with van der Waals surface area (Å²) in [6.45, 7) is 1.68. The van der Waals surface area contributed by atoms with E-state index >= 15 is 0 Å². The van der Waals surface area contributed by atoms with E-state index in [2.05, 4.69) is 20.6 Å². The van der Waals surface area contributed by atoms with Gasteiger partial charge in [0.05, 0.1) is 5.56 Å². The van der Waals surface area contributed by atoms with Gasteiger partial charge in [-0.05, 0) is 44.4 Å². The fourth-order valence-electron chi connectivity index (χ4n) is 2.59. The first-order valence-electron chi connectivity index (χ1n) is 8.09. The molecule has 2 aromatic rings. The molecule has 1 aromatic heterocycles. The summed E-state index contributed by atoms with van der Waals surface area (Å²) in [7, 11) is 0. The van der Waals surface area contributed by atoms with Crippen molar-refractivity contribution in [1.29, 1.82) is 5.41 Å². The molecule has 0 bridgehead atoms. The van der Waals surface area contributed by atoms with Crippen molar-refractivity contribution in [1.82, 2.24) is 9.97 Å². The van der Waals surface area contributed by atoms with Crippen LogP contribution in [0.25, 0.3) is 0 Å². The van der Waals surface area contributed by atoms with Crippen molar-refractivity contribution in [3.8, 4) is 0 Å². The molecule has 0 saturated heterocycles. The molecule has 1 saturated carbocycles. The number of anilines is 4. The number of carbonyl (C=O) groups excluding carboxylic acids is 1. The second kappa shape index (κ2) is 6.76. The first-order valence-corrected chi connectivity index (χ1v) is 8.09. The molecule has 1 aromatic carbocycles. The van der Waals surface area contributed by atoms with E-state index in [1.165, 1.54) is 6.20 Å². The predicted molar refractivity (Wildman–Crippen MR) is 98.5 cm³/mol. The van der Waals surface area contributed by atoms with Gasteiger partial charge >= 0.3 is 0 Å². The fraction of sp³-hybridized carbons (Fsp3) is 0.294. The number of amides is 1. The molecule has 130 valence electrons. The highest BCUT2D eigenvalue weighted by Gasteiger charge is 2.21. The third-order valence-corrected chi connectivity index (χ3v) is 4.21. The Bertz CT molecular complexity index is 830. The van der Waals surface area contributed by atoms with E-state index in [-0.39, 0.29) is 5.56 Å². The molecule has 7 N–H and O–H groups in total. The van der Waals surface area contributed by atoms with Crippen LogP contribution >= 0.6 is 0 Å². The number of hydrogen-bond acceptors (Lipinski definition) is 7. The van der Waals surface area contributed by atoms with Crippen molar-refractivity contribution in [2.24, 2.45) is 5.73 Å². The van der Waals surface area contributed by atoms with Crippen LogP contribution in [0.1, 0.15) is 42.1 Å². The molecule has 1 aliphatic rings. The van der Waals surface area contributed by atoms with E-state index in [1.54, 1.807) is 25.1 Å². The third-order valence-electron chi connectivity index (χ3n) is 4.21. The van der Waals surface area contributed by atoms with Crippen molar-refractivity contribution >= 4 is 34.8 Å². The average molecular weight is 339 g/mol. The molecule has 8 heteroatoms. The van der Waals surface area contributed by atoms with Gasteiger partial charge in [0.15, 0.2) is 0 Å². The summed E-state index contributed by atoms with van der Waals surface area (Å²) >= 11 is 0. The summed E-state index contributed by atoms with van der Waals surface area (Å²) in [5, 5.41) is 14.0. The van der Waals surface area contributed by atoms with Crippen molar-refractivity contribution in [2.75, 3.05) is 16.4 Å². The Hall–Kier alpha value is -3.16. The predicted octanol–water partition coefficient (Wildman–Crippen LogP) is 2.25. The summed E-state index contributed by atoms with van der Waals surface area (Å²) < 4.78 is 0. The van der Waals surface area contributed by atoms with Crippen LogP contribution in [0.2, 0.25) is 0 Å². The standard InChI is InChI=1S/C17H21N7O/c1-9(18)12-6-5-11(7-14(12)19)23-17-21-8-13(15(20)25)16(24-17)22-10-3-2-4-10/h5-8,10,18H,2-4,19H2,1H3,(H2,20,25)(H2,21,22,23,24). The summed E-state index contributed by atoms with van der Waals surface area (Å²) in [4.78, 5) is 20.1. The molecule has 0 spiro atoms. The van der Waals surface area contributed by atoms with Crippen molar-refractivity contribution < 1.29 is 4.79 Å². The van der Waals surface area contributed by atoms with Gasteiger partial charge in [-0.2, -0.15) is 4.98 Å². The largest absolute Gasteiger partial charge is 0.398 e. The number of nitrogens with one attached hydrogen (secondary N) is 3. The lowest BCUT2D eigenvalue weighted by atomic mass is 9.93. The van der Waals surface area contributed by atoms with Gasteiger partial charge in [0.2, 0.25) is 5.95 Å². The maximum Gasteiger partial charge on any atom is 0.254 e. The number of aromatic nitrogens is 2. The van der Waals surface area contributed by atoms with Crippen LogP contribution in [0.3, 0.4) is 0 Å². The van der Waals surface area contributed by atoms with Gasteiger partial charge in [-0.15, -0.1) is 0 Å². The van der Waals surface area contributed by atoms with Gasteiger partial charge in [0.25, 0.3) is 5.91 Å². The maximum atomic E-state index is 11.6. The second-order valence-corrected chi connectivity index (χ2v) is 6.14. The minimum absolute atomic E-state index is 0.270. The molecule has 3 rings (SSSR count). The zero-order valence-corrected chi connectivity index (χ0v) is 14.0. The Kier molecular flexibility index (Phi) is 4.51. The summed E-state index contributed by atoms with van der Waals surface area (Å²) in [5.41, 5.74) is 13.9. The Labute approximate surface area is 145 Å². The Morgan fingerprint density at radius 1 is 1.32 bits per heavy atom. The van der Waals surface area contributed by atoms with Crippen LogP contribution in [-0.2, 0) is 0 Å². The molecule has 0 atom stereocenters. The molecular formula is C17H21N7O. The molecule has 1 fully saturated rings. The number of rotatable bonds is 6. The van der Waals surface area contributed by atoms with Crippen molar-refractivity contribution in [2.45, 2.75) is 32.2 Å². The number of nitrogens with two attached hydrogens (primary N) is 2. The topological polar surface area (TPSA) is 143 Å². The first kappa shape index (κ1) is 16.7. The highest BCUT2D eigenvalue weighted by molar-refractivity contribution is 6.01. The zero-order valence-electron chi connectivity index (χ0n) is 14.0. The van der Waals surface area contributed by atoms with Gasteiger partial charge in [-0.25, -0.2) is 4.98 Å². The van der Waals surface area contributed by atoms with E-state index in [4.69, 9.17) is 16.9 Å². The molecule has 1 heterocycles. The molecule has 0 unspecified atom stereocenters. The van der Waals surface area contributed by atoms with E-state index in [1.807, 2.05) is 0 Å². The van der Waals surface area contributed by atoms with Crippen LogP contribution in [0.4, 0.5) is 23.1 Å². The van der Waals surface area contributed by atoms with Gasteiger partial charge in [-0.3, -0.25) is 4.79 Å². The number of hydrogen-bond donors (Lipinski definition) is 5. The Balaban J connectivity index is 1.84. The number of benzene rings is 1. The minimum Gasteiger partial charge on any atom is -0.398 e. The zero-order chi connectivity index (χ0) is 18.0. The summed E-state index contributed by atoms with van der Waals surface area (Å²) in [6.07, 6.45) is 4.67. The highest BCUT2D eigenvalue weighted by Crippen LogP contribution is 2.26. The lowest BCUT2D eigenvalue weighted by Gasteiger charge is -2.27. The van der Waals surface area contributed by atoms with Crippen LogP contribution < -0.4 is 22.1 Å². The Morgan fingerprint density at radius 2 is 2.08 bits per heavy atom. The lowest BCUT2D eigenvalue weighted by Crippen LogP contribution is -2.29. The average Bonchev–Trinajstić information content (AvgIpc) is 2.50. The number of nitrogen functional groups attached to an aromatic ring is 1. The second-order valence-electron chi connectivity index (χ2n) is 6.14. The number of primary amides is 1. The molecule has 1 aliphatic carbocycles.